The van der Waals surface area contributed by atoms with Crippen LogP contribution in [0.1, 0.15) is 16.7 Å². The van der Waals surface area contributed by atoms with Gasteiger partial charge in [0, 0.05) is 35.1 Å². The maximum Gasteiger partial charge on any atom is 0.169 e. The van der Waals surface area contributed by atoms with E-state index in [9.17, 15) is 5.11 Å². The second-order valence-electron chi connectivity index (χ2n) is 7.47. The van der Waals surface area contributed by atoms with E-state index in [4.69, 9.17) is 32.9 Å². The summed E-state index contributed by atoms with van der Waals surface area (Å²) in [5, 5.41) is 11.5. The molecule has 7 heteroatoms. The predicted octanol–water partition coefficient (Wildman–Crippen LogP) is 7.24. The molecule has 3 rings (SSSR count). The summed E-state index contributed by atoms with van der Waals surface area (Å²) in [5.41, 5.74) is 4.13. The zero-order valence-corrected chi connectivity index (χ0v) is 20.6. The summed E-state index contributed by atoms with van der Waals surface area (Å²) in [5.74, 6) is 0.240. The van der Waals surface area contributed by atoms with Crippen LogP contribution >= 0.6 is 35.0 Å². The Hall–Kier alpha value is -2.18. The number of halogens is 2. The van der Waals surface area contributed by atoms with Crippen molar-refractivity contribution in [2.45, 2.75) is 25.3 Å². The van der Waals surface area contributed by atoms with Crippen LogP contribution in [0.15, 0.2) is 70.6 Å². The van der Waals surface area contributed by atoms with Gasteiger partial charge in [-0.3, -0.25) is 0 Å². The number of methoxy groups -OCH3 is 1. The highest BCUT2D eigenvalue weighted by molar-refractivity contribution is 8.13. The molecule has 0 aliphatic carbocycles. The molecule has 0 aliphatic heterocycles. The number of hydrogen-bond acceptors (Lipinski definition) is 4. The highest BCUT2D eigenvalue weighted by Gasteiger charge is 2.16. The monoisotopic (exact) mass is 488 g/mol. The van der Waals surface area contributed by atoms with Crippen molar-refractivity contribution in [3.8, 4) is 5.75 Å². The number of phenols is 1. The molecule has 0 unspecified atom stereocenters. The first-order valence-electron chi connectivity index (χ1n) is 10.2. The lowest BCUT2D eigenvalue weighted by Crippen LogP contribution is -2.31. The van der Waals surface area contributed by atoms with Crippen molar-refractivity contribution in [2.75, 3.05) is 20.3 Å². The standard InChI is InChI=1S/C25H26Cl2N2O2S/c1-17-4-9-24(18(2)12-17)32-25(28-22-14-20(26)13-21(27)15-22)29(10-11-31-3)16-19-5-7-23(30)8-6-19/h4-9,12-15,30H,10-11,16H2,1-3H3. The number of amidine groups is 1. The third-order valence-electron chi connectivity index (χ3n) is 4.75. The molecule has 32 heavy (non-hydrogen) atoms. The summed E-state index contributed by atoms with van der Waals surface area (Å²) in [6.07, 6.45) is 0. The van der Waals surface area contributed by atoms with Crippen molar-refractivity contribution in [1.82, 2.24) is 4.90 Å². The Morgan fingerprint density at radius 1 is 1.00 bits per heavy atom. The molecule has 0 radical (unpaired) electrons. The molecule has 3 aromatic rings. The number of rotatable bonds is 7. The normalized spacial score (nSPS) is 11.6. The minimum Gasteiger partial charge on any atom is -0.508 e. The van der Waals surface area contributed by atoms with Crippen molar-refractivity contribution in [1.29, 1.82) is 0 Å². The highest BCUT2D eigenvalue weighted by atomic mass is 35.5. The van der Waals surface area contributed by atoms with Crippen molar-refractivity contribution in [3.63, 3.8) is 0 Å². The first kappa shape index (κ1) is 24.5. The Kier molecular flexibility index (Phi) is 8.88. The topological polar surface area (TPSA) is 45.1 Å². The summed E-state index contributed by atoms with van der Waals surface area (Å²) in [6.45, 7) is 5.97. The fourth-order valence-electron chi connectivity index (χ4n) is 3.15. The zero-order chi connectivity index (χ0) is 23.1. The number of nitrogens with zero attached hydrogens (tertiary/aromatic N) is 2. The minimum absolute atomic E-state index is 0.240. The van der Waals surface area contributed by atoms with Crippen molar-refractivity contribution in [2.24, 2.45) is 4.99 Å². The quantitative estimate of drug-likeness (QED) is 0.216. The van der Waals surface area contributed by atoms with E-state index in [1.807, 2.05) is 12.1 Å². The molecule has 0 aliphatic rings. The number of aliphatic imine (C=N–C) groups is 1. The van der Waals surface area contributed by atoms with Crippen LogP contribution in [-0.4, -0.2) is 35.4 Å². The smallest absolute Gasteiger partial charge is 0.169 e. The Balaban J connectivity index is 2.03. The fourth-order valence-corrected chi connectivity index (χ4v) is 4.65. The van der Waals surface area contributed by atoms with Crippen LogP contribution in [0, 0.1) is 13.8 Å². The molecule has 4 nitrogen and oxygen atoms in total. The summed E-state index contributed by atoms with van der Waals surface area (Å²) >= 11 is 14.0. The first-order valence-corrected chi connectivity index (χ1v) is 11.7. The molecule has 0 spiro atoms. The van der Waals surface area contributed by atoms with Crippen LogP contribution in [0.25, 0.3) is 0 Å². The van der Waals surface area contributed by atoms with E-state index in [2.05, 4.69) is 36.9 Å². The Labute approximate surface area is 203 Å². The number of benzene rings is 3. The maximum atomic E-state index is 9.65. The predicted molar refractivity (Wildman–Crippen MR) is 136 cm³/mol. The third-order valence-corrected chi connectivity index (χ3v) is 6.40. The summed E-state index contributed by atoms with van der Waals surface area (Å²) < 4.78 is 5.37. The molecule has 0 bridgehead atoms. The molecule has 0 saturated heterocycles. The SMILES string of the molecule is COCCN(Cc1ccc(O)cc1)C(=Nc1cc(Cl)cc(Cl)c1)Sc1ccc(C)cc1C. The van der Waals surface area contributed by atoms with Gasteiger partial charge in [-0.15, -0.1) is 0 Å². The van der Waals surface area contributed by atoms with Gasteiger partial charge in [0.15, 0.2) is 5.17 Å². The molecule has 168 valence electrons. The fraction of sp³-hybridized carbons (Fsp3) is 0.240. The van der Waals surface area contributed by atoms with Gasteiger partial charge in [0.1, 0.15) is 5.75 Å². The van der Waals surface area contributed by atoms with E-state index < -0.39 is 0 Å². The third kappa shape index (κ3) is 7.17. The Morgan fingerprint density at radius 2 is 1.69 bits per heavy atom. The zero-order valence-electron chi connectivity index (χ0n) is 18.3. The van der Waals surface area contributed by atoms with Gasteiger partial charge in [-0.25, -0.2) is 4.99 Å². The van der Waals surface area contributed by atoms with Crippen molar-refractivity contribution in [3.05, 3.63) is 87.4 Å². The van der Waals surface area contributed by atoms with E-state index >= 15 is 0 Å². The van der Waals surface area contributed by atoms with E-state index in [1.165, 1.54) is 11.1 Å². The van der Waals surface area contributed by atoms with Crippen LogP contribution < -0.4 is 0 Å². The van der Waals surface area contributed by atoms with Gasteiger partial charge >= 0.3 is 0 Å². The van der Waals surface area contributed by atoms with E-state index in [-0.39, 0.29) is 5.75 Å². The lowest BCUT2D eigenvalue weighted by molar-refractivity contribution is 0.175. The largest absolute Gasteiger partial charge is 0.508 e. The van der Waals surface area contributed by atoms with Gasteiger partial charge in [-0.05, 0) is 61.4 Å². The minimum atomic E-state index is 0.240. The molecule has 0 aromatic heterocycles. The molecule has 3 aromatic carbocycles. The molecular weight excluding hydrogens is 463 g/mol. The van der Waals surface area contributed by atoms with Gasteiger partial charge in [0.25, 0.3) is 0 Å². The summed E-state index contributed by atoms with van der Waals surface area (Å²) in [6, 6.07) is 18.9. The highest BCUT2D eigenvalue weighted by Crippen LogP contribution is 2.31. The number of hydrogen-bond donors (Lipinski definition) is 1. The summed E-state index contributed by atoms with van der Waals surface area (Å²) in [4.78, 5) is 8.22. The average Bonchev–Trinajstić information content (AvgIpc) is 2.73. The molecule has 0 saturated carbocycles. The van der Waals surface area contributed by atoms with Gasteiger partial charge in [0.05, 0.1) is 12.3 Å². The molecular formula is C25H26Cl2N2O2S. The van der Waals surface area contributed by atoms with Gasteiger partial charge in [0.2, 0.25) is 0 Å². The van der Waals surface area contributed by atoms with Crippen molar-refractivity contribution >= 4 is 45.8 Å². The van der Waals surface area contributed by atoms with Crippen molar-refractivity contribution < 1.29 is 9.84 Å². The second kappa shape index (κ2) is 11.6. The van der Waals surface area contributed by atoms with E-state index in [1.54, 1.807) is 49.2 Å². The Morgan fingerprint density at radius 3 is 2.31 bits per heavy atom. The number of phenolic OH excluding ortho intramolecular Hbond substituents is 1. The molecule has 0 amide bonds. The molecule has 0 heterocycles. The Bertz CT molecular complexity index is 1070. The number of aromatic hydroxyl groups is 1. The van der Waals surface area contributed by atoms with E-state index in [0.717, 1.165) is 15.6 Å². The second-order valence-corrected chi connectivity index (χ2v) is 9.36. The number of thioether (sulfide) groups is 1. The first-order chi connectivity index (χ1) is 15.3. The lowest BCUT2D eigenvalue weighted by Gasteiger charge is -2.26. The van der Waals surface area contributed by atoms with Crippen LogP contribution in [-0.2, 0) is 11.3 Å². The van der Waals surface area contributed by atoms with Gasteiger partial charge in [-0.2, -0.15) is 0 Å². The summed E-state index contributed by atoms with van der Waals surface area (Å²) in [7, 11) is 1.68. The molecule has 0 atom stereocenters. The van der Waals surface area contributed by atoms with Crippen LogP contribution in [0.3, 0.4) is 0 Å². The van der Waals surface area contributed by atoms with Gasteiger partial charge in [-0.1, -0.05) is 64.8 Å². The average molecular weight is 489 g/mol. The van der Waals surface area contributed by atoms with Crippen LogP contribution in [0.2, 0.25) is 10.0 Å². The molecule has 0 fully saturated rings. The number of aryl methyl sites for hydroxylation is 2. The van der Waals surface area contributed by atoms with Crippen LogP contribution in [0.4, 0.5) is 5.69 Å². The molecule has 1 N–H and O–H groups in total. The van der Waals surface area contributed by atoms with Gasteiger partial charge < -0.3 is 14.7 Å². The number of ether oxygens (including phenoxy) is 1. The maximum absolute atomic E-state index is 9.65. The van der Waals surface area contributed by atoms with E-state index in [0.29, 0.717) is 35.4 Å². The van der Waals surface area contributed by atoms with Crippen LogP contribution in [0.5, 0.6) is 5.75 Å². The lowest BCUT2D eigenvalue weighted by atomic mass is 10.2.